The van der Waals surface area contributed by atoms with E-state index in [1.807, 2.05) is 0 Å². The van der Waals surface area contributed by atoms with E-state index in [1.165, 1.54) is 142 Å². The van der Waals surface area contributed by atoms with Crippen LogP contribution in [0.3, 0.4) is 0 Å². The van der Waals surface area contributed by atoms with E-state index in [0.29, 0.717) is 0 Å². The lowest BCUT2D eigenvalue weighted by Gasteiger charge is -2.35. The predicted octanol–water partition coefficient (Wildman–Crippen LogP) is 16.3. The highest BCUT2D eigenvalue weighted by Crippen LogP contribution is 2.47. The summed E-state index contributed by atoms with van der Waals surface area (Å²) in [6, 6.07) is 87.7. The van der Waals surface area contributed by atoms with E-state index in [4.69, 9.17) is 0 Å². The lowest BCUT2D eigenvalue weighted by atomic mass is 9.88. The normalized spacial score (nSPS) is 14.2. The molecule has 2 aromatic heterocycles. The minimum atomic E-state index is -2.23. The van der Waals surface area contributed by atoms with Gasteiger partial charge in [0.2, 0.25) is 0 Å². The SMILES string of the molecule is C[Si]1(C)c2cc(-c3c4ccccc4c(-n4c5ccccc5c5ccccc54)c4ccccc34)ccc2-c2c1cc1c3c(cccc23)[Si](C)(C)c2cc(-c3ccc(-n4c5ccccc5c5ccccc54)cc3)ccc2-1. The first-order valence-corrected chi connectivity index (χ1v) is 32.2. The smallest absolute Gasteiger partial charge is 0.113 e. The van der Waals surface area contributed by atoms with Crippen LogP contribution in [0.25, 0.3) is 132 Å². The molecule has 0 spiro atoms. The zero-order valence-corrected chi connectivity index (χ0v) is 43.8. The fourth-order valence-corrected chi connectivity index (χ4v) is 20.2. The Morgan fingerprint density at radius 3 is 1.28 bits per heavy atom. The quantitative estimate of drug-likeness (QED) is 0.123. The average Bonchev–Trinajstić information content (AvgIpc) is 4.04. The summed E-state index contributed by atoms with van der Waals surface area (Å²) < 4.78 is 4.93. The lowest BCUT2D eigenvalue weighted by molar-refractivity contribution is 1.18. The number of aromatic nitrogens is 2. The standard InChI is InChI=1S/C70H50N2Si2/c1-73(2)63-31-17-26-57-68-56-39-35-45(67-52-22-5-7-24-54(52)70(55-25-8-6-23-53(55)67)72-61-29-15-11-20-49(61)50-21-12-16-30-62(50)72)41-65(56)74(3,4)66(68)42-58(69(57)63)51-38-34-44(40-64(51)73)43-32-36-46(37-33-43)71-59-27-13-9-18-47(59)48-19-10-14-28-60(48)71/h5-42H,1-4H3. The van der Waals surface area contributed by atoms with Gasteiger partial charge in [-0.3, -0.25) is 0 Å². The fraction of sp³-hybridized carbons (Fsp3) is 0.0571. The van der Waals surface area contributed by atoms with Crippen molar-refractivity contribution < 1.29 is 0 Å². The highest BCUT2D eigenvalue weighted by atomic mass is 28.3. The number of benzene rings is 12. The second-order valence-corrected chi connectivity index (χ2v) is 30.6. The zero-order valence-electron chi connectivity index (χ0n) is 41.8. The van der Waals surface area contributed by atoms with Crippen molar-refractivity contribution in [1.82, 2.24) is 9.13 Å². The van der Waals surface area contributed by atoms with Crippen LogP contribution in [-0.2, 0) is 0 Å². The molecule has 0 saturated heterocycles. The van der Waals surface area contributed by atoms with Crippen LogP contribution in [0, 0.1) is 0 Å². The van der Waals surface area contributed by atoms with Crippen LogP contribution in [0.4, 0.5) is 0 Å². The maximum absolute atomic E-state index is 2.65. The highest BCUT2D eigenvalue weighted by Gasteiger charge is 2.43. The molecule has 2 aliphatic rings. The van der Waals surface area contributed by atoms with Gasteiger partial charge in [0.1, 0.15) is 16.1 Å². The summed E-state index contributed by atoms with van der Waals surface area (Å²) in [4.78, 5) is 0. The molecule has 0 bridgehead atoms. The maximum atomic E-state index is 2.65. The topological polar surface area (TPSA) is 9.86 Å². The van der Waals surface area contributed by atoms with E-state index in [2.05, 4.69) is 266 Å². The van der Waals surface area contributed by atoms with Gasteiger partial charge in [-0.15, -0.1) is 0 Å². The van der Waals surface area contributed by atoms with Crippen molar-refractivity contribution in [2.24, 2.45) is 0 Å². The summed E-state index contributed by atoms with van der Waals surface area (Å²) in [6.45, 7) is 10.3. The molecule has 74 heavy (non-hydrogen) atoms. The minimum Gasteiger partial charge on any atom is -0.309 e. The van der Waals surface area contributed by atoms with Crippen LogP contribution in [-0.4, -0.2) is 25.3 Å². The maximum Gasteiger partial charge on any atom is 0.113 e. The van der Waals surface area contributed by atoms with Crippen molar-refractivity contribution >= 4 is 113 Å². The van der Waals surface area contributed by atoms with Crippen LogP contribution >= 0.6 is 0 Å². The Hall–Kier alpha value is -8.55. The predicted molar refractivity (Wildman–Crippen MR) is 323 cm³/mol. The molecule has 0 atom stereocenters. The summed E-state index contributed by atoms with van der Waals surface area (Å²) in [5.74, 6) is 0. The van der Waals surface area contributed by atoms with Crippen LogP contribution < -0.4 is 20.7 Å². The number of nitrogens with zero attached hydrogens (tertiary/aromatic N) is 2. The third-order valence-corrected chi connectivity index (χ3v) is 24.5. The van der Waals surface area contributed by atoms with Gasteiger partial charge < -0.3 is 9.13 Å². The van der Waals surface area contributed by atoms with E-state index < -0.39 is 16.1 Å². The first-order chi connectivity index (χ1) is 36.3. The van der Waals surface area contributed by atoms with Gasteiger partial charge in [-0.25, -0.2) is 0 Å². The molecule has 12 aromatic carbocycles. The molecule has 4 heteroatoms. The molecule has 16 rings (SSSR count). The first kappa shape index (κ1) is 42.0. The van der Waals surface area contributed by atoms with Crippen molar-refractivity contribution in [2.75, 3.05) is 0 Å². The minimum absolute atomic E-state index is 1.18. The summed E-state index contributed by atoms with van der Waals surface area (Å²) in [6.07, 6.45) is 0. The summed E-state index contributed by atoms with van der Waals surface area (Å²) >= 11 is 0. The van der Waals surface area contributed by atoms with E-state index >= 15 is 0 Å². The van der Waals surface area contributed by atoms with Crippen LogP contribution in [0.5, 0.6) is 0 Å². The molecule has 0 aliphatic carbocycles. The van der Waals surface area contributed by atoms with E-state index in [9.17, 15) is 0 Å². The Morgan fingerprint density at radius 2 is 0.703 bits per heavy atom. The van der Waals surface area contributed by atoms with Gasteiger partial charge in [0.25, 0.3) is 0 Å². The fourth-order valence-electron chi connectivity index (χ4n) is 14.0. The molecule has 0 N–H and O–H groups in total. The molecular formula is C70H50N2Si2. The van der Waals surface area contributed by atoms with E-state index in [0.717, 1.165) is 0 Å². The Balaban J connectivity index is 0.836. The first-order valence-electron chi connectivity index (χ1n) is 26.2. The molecule has 4 heterocycles. The van der Waals surface area contributed by atoms with Crippen LogP contribution in [0.1, 0.15) is 0 Å². The second-order valence-electron chi connectivity index (χ2n) is 21.9. The highest BCUT2D eigenvalue weighted by molar-refractivity contribution is 7.05. The van der Waals surface area contributed by atoms with Gasteiger partial charge in [-0.2, -0.15) is 0 Å². The molecule has 0 radical (unpaired) electrons. The van der Waals surface area contributed by atoms with Crippen LogP contribution in [0.15, 0.2) is 231 Å². The van der Waals surface area contributed by atoms with Gasteiger partial charge >= 0.3 is 0 Å². The molecule has 0 unspecified atom stereocenters. The number of rotatable bonds is 4. The van der Waals surface area contributed by atoms with Crippen molar-refractivity contribution in [3.05, 3.63) is 231 Å². The molecule has 0 amide bonds. The van der Waals surface area contributed by atoms with Gasteiger partial charge in [0, 0.05) is 38.0 Å². The van der Waals surface area contributed by atoms with Crippen molar-refractivity contribution in [1.29, 1.82) is 0 Å². The van der Waals surface area contributed by atoms with Gasteiger partial charge in [0.05, 0.1) is 27.8 Å². The van der Waals surface area contributed by atoms with E-state index in [-0.39, 0.29) is 0 Å². The van der Waals surface area contributed by atoms with Crippen molar-refractivity contribution in [2.45, 2.75) is 26.2 Å². The Labute approximate surface area is 432 Å². The molecule has 0 saturated carbocycles. The van der Waals surface area contributed by atoms with Crippen molar-refractivity contribution in [3.63, 3.8) is 0 Å². The molecule has 14 aromatic rings. The molecule has 348 valence electrons. The van der Waals surface area contributed by atoms with Crippen molar-refractivity contribution in [3.8, 4) is 55.9 Å². The Morgan fingerprint density at radius 1 is 0.270 bits per heavy atom. The third kappa shape index (κ3) is 5.54. The number of para-hydroxylation sites is 4. The second kappa shape index (κ2) is 15.0. The third-order valence-electron chi connectivity index (χ3n) is 17.5. The molecule has 2 aliphatic heterocycles. The molecule has 2 nitrogen and oxygen atoms in total. The zero-order chi connectivity index (χ0) is 49.2. The lowest BCUT2D eigenvalue weighted by Crippen LogP contribution is -2.56. The number of hydrogen-bond donors (Lipinski definition) is 0. The van der Waals surface area contributed by atoms with E-state index in [1.54, 1.807) is 10.4 Å². The average molecular weight is 975 g/mol. The summed E-state index contributed by atoms with van der Waals surface area (Å²) in [5, 5.41) is 19.3. The molecular weight excluding hydrogens is 925 g/mol. The Kier molecular flexibility index (Phi) is 8.53. The molecule has 0 fully saturated rings. The Bertz CT molecular complexity index is 4610. The van der Waals surface area contributed by atoms with Crippen LogP contribution in [0.2, 0.25) is 26.2 Å². The summed E-state index contributed by atoms with van der Waals surface area (Å²) in [7, 11) is -4.39. The van der Waals surface area contributed by atoms with Gasteiger partial charge in [0.15, 0.2) is 0 Å². The summed E-state index contributed by atoms with van der Waals surface area (Å²) in [5.41, 5.74) is 18.2. The monoisotopic (exact) mass is 974 g/mol. The number of hydrogen-bond acceptors (Lipinski definition) is 0. The van der Waals surface area contributed by atoms with Gasteiger partial charge in [-0.05, 0) is 123 Å². The number of fused-ring (bicyclic) bond motifs is 14. The van der Waals surface area contributed by atoms with Gasteiger partial charge in [-0.1, -0.05) is 220 Å². The largest absolute Gasteiger partial charge is 0.309 e.